The predicted octanol–water partition coefficient (Wildman–Crippen LogP) is 15.2. The summed E-state index contributed by atoms with van der Waals surface area (Å²) in [6.45, 7) is 13.8. The number of hydrogen-bond donors (Lipinski definition) is 2. The van der Waals surface area contributed by atoms with Gasteiger partial charge in [-0.15, -0.1) is 0 Å². The van der Waals surface area contributed by atoms with E-state index < -0.39 is 0 Å². The molecule has 0 fully saturated rings. The molecule has 0 atom stereocenters. The highest BCUT2D eigenvalue weighted by Gasteiger charge is 2.20. The number of aryl methyl sites for hydroxylation is 4. The number of benzene rings is 8. The minimum Gasteiger partial charge on any atom is -0.507 e. The Morgan fingerprint density at radius 1 is 0.400 bits per heavy atom. The lowest BCUT2D eigenvalue weighted by Crippen LogP contribution is -2.19. The quantitative estimate of drug-likeness (QED) is 0.107. The molecule has 0 radical (unpaired) electrons. The molecule has 0 aliphatic rings. The van der Waals surface area contributed by atoms with E-state index in [1.165, 1.54) is 0 Å². The normalized spacial score (nSPS) is 11.7. The number of nitrogens with zero attached hydrogens (tertiary/aromatic N) is 4. The second kappa shape index (κ2) is 19.4. The summed E-state index contributed by atoms with van der Waals surface area (Å²) in [5.74, 6) is 0.364. The molecule has 0 saturated heterocycles. The van der Waals surface area contributed by atoms with Crippen molar-refractivity contribution in [3.8, 4) is 33.8 Å². The maximum absolute atomic E-state index is 11.2. The third-order valence-electron chi connectivity index (χ3n) is 11.7. The van der Waals surface area contributed by atoms with E-state index in [4.69, 9.17) is 9.98 Å². The SMILES string of the molecule is Cc1cc(N(c2ccccc2)c2ccccc2)cc(C)c1-c1ccc(C=NCC(C)(C)CN=Cc2ccc(-c3c(C)cc(N(c4ccccc4)c4ccccc4)cc3C)cc2O)c(O)c1. The Balaban J connectivity index is 0.922. The first-order chi connectivity index (χ1) is 31.5. The number of anilines is 6. The first-order valence-corrected chi connectivity index (χ1v) is 22.2. The molecule has 0 unspecified atom stereocenters. The maximum Gasteiger partial charge on any atom is 0.124 e. The number of rotatable bonds is 14. The molecule has 65 heavy (non-hydrogen) atoms. The highest BCUT2D eigenvalue weighted by molar-refractivity contribution is 5.88. The van der Waals surface area contributed by atoms with Crippen molar-refractivity contribution in [2.24, 2.45) is 15.4 Å². The van der Waals surface area contributed by atoms with Gasteiger partial charge in [-0.1, -0.05) is 98.8 Å². The Morgan fingerprint density at radius 2 is 0.692 bits per heavy atom. The summed E-state index contributed by atoms with van der Waals surface area (Å²) in [4.78, 5) is 14.0. The molecule has 8 aromatic rings. The van der Waals surface area contributed by atoms with Crippen LogP contribution in [0.15, 0.2) is 192 Å². The largest absolute Gasteiger partial charge is 0.507 e. The standard InChI is InChI=1S/C59H56N4O2/c1-41-31-53(62(49-19-11-7-12-20-49)50-21-13-8-14-22-50)32-42(2)57(41)45-27-29-47(55(64)35-45)37-60-39-59(5,6)40-61-38-48-30-28-46(36-56(48)65)58-43(3)33-54(34-44(58)4)63(51-23-15-9-16-24-51)52-25-17-10-18-26-52/h7-38,64-65H,39-40H2,1-6H3. The van der Waals surface area contributed by atoms with E-state index >= 15 is 0 Å². The molecule has 6 nitrogen and oxygen atoms in total. The van der Waals surface area contributed by atoms with E-state index in [1.54, 1.807) is 12.4 Å². The zero-order valence-corrected chi connectivity index (χ0v) is 38.1. The van der Waals surface area contributed by atoms with Gasteiger partial charge in [-0.2, -0.15) is 0 Å². The van der Waals surface area contributed by atoms with Crippen molar-refractivity contribution in [3.05, 3.63) is 215 Å². The van der Waals surface area contributed by atoms with Gasteiger partial charge in [0.1, 0.15) is 11.5 Å². The second-order valence-electron chi connectivity index (χ2n) is 17.6. The molecule has 0 aromatic heterocycles. The fraction of sp³-hybridized carbons (Fsp3) is 0.153. The van der Waals surface area contributed by atoms with E-state index in [0.29, 0.717) is 24.2 Å². The van der Waals surface area contributed by atoms with Gasteiger partial charge in [-0.3, -0.25) is 9.98 Å². The van der Waals surface area contributed by atoms with Crippen LogP contribution in [0.25, 0.3) is 22.3 Å². The van der Waals surface area contributed by atoms with Gasteiger partial charge in [-0.25, -0.2) is 0 Å². The molecule has 8 aromatic carbocycles. The Labute approximate surface area is 384 Å². The zero-order chi connectivity index (χ0) is 45.5. The van der Waals surface area contributed by atoms with E-state index in [-0.39, 0.29) is 16.9 Å². The van der Waals surface area contributed by atoms with Crippen LogP contribution in [0.4, 0.5) is 34.1 Å². The number of para-hydroxylation sites is 4. The summed E-state index contributed by atoms with van der Waals surface area (Å²) in [6, 6.07) is 62.1. The molecule has 0 spiro atoms. The number of aliphatic imine (C=N–C) groups is 2. The van der Waals surface area contributed by atoms with Gasteiger partial charge in [0.25, 0.3) is 0 Å². The molecule has 2 N–H and O–H groups in total. The molecule has 8 rings (SSSR count). The molecule has 0 heterocycles. The zero-order valence-electron chi connectivity index (χ0n) is 38.1. The smallest absolute Gasteiger partial charge is 0.124 e. The topological polar surface area (TPSA) is 71.7 Å². The predicted molar refractivity (Wildman–Crippen MR) is 274 cm³/mol. The van der Waals surface area contributed by atoms with Gasteiger partial charge >= 0.3 is 0 Å². The minimum absolute atomic E-state index is 0.182. The average Bonchev–Trinajstić information content (AvgIpc) is 3.29. The van der Waals surface area contributed by atoms with Crippen LogP contribution in [0.5, 0.6) is 11.5 Å². The van der Waals surface area contributed by atoms with E-state index in [0.717, 1.165) is 78.6 Å². The molecule has 0 amide bonds. The van der Waals surface area contributed by atoms with Crippen molar-refractivity contribution in [3.63, 3.8) is 0 Å². The first kappa shape index (κ1) is 43.9. The van der Waals surface area contributed by atoms with Crippen molar-refractivity contribution in [2.45, 2.75) is 41.5 Å². The molecule has 0 aliphatic heterocycles. The summed E-state index contributed by atoms with van der Waals surface area (Å²) in [6.07, 6.45) is 3.49. The summed E-state index contributed by atoms with van der Waals surface area (Å²) in [5, 5.41) is 22.4. The van der Waals surface area contributed by atoms with Crippen LogP contribution in [-0.2, 0) is 0 Å². The summed E-state index contributed by atoms with van der Waals surface area (Å²) < 4.78 is 0. The highest BCUT2D eigenvalue weighted by atomic mass is 16.3. The maximum atomic E-state index is 11.2. The van der Waals surface area contributed by atoms with Gasteiger partial charge in [0, 0.05) is 76.2 Å². The van der Waals surface area contributed by atoms with Crippen LogP contribution in [0.3, 0.4) is 0 Å². The Kier molecular flexibility index (Phi) is 13.1. The third-order valence-corrected chi connectivity index (χ3v) is 11.7. The Bertz CT molecular complexity index is 2640. The van der Waals surface area contributed by atoms with Gasteiger partial charge in [-0.05, 0) is 169 Å². The van der Waals surface area contributed by atoms with Crippen molar-refractivity contribution in [1.29, 1.82) is 0 Å². The first-order valence-electron chi connectivity index (χ1n) is 22.2. The monoisotopic (exact) mass is 852 g/mol. The van der Waals surface area contributed by atoms with E-state index in [2.05, 4.69) is 185 Å². The average molecular weight is 853 g/mol. The van der Waals surface area contributed by atoms with Crippen molar-refractivity contribution >= 4 is 46.6 Å². The van der Waals surface area contributed by atoms with Crippen LogP contribution < -0.4 is 9.80 Å². The fourth-order valence-corrected chi connectivity index (χ4v) is 8.70. The third kappa shape index (κ3) is 10.1. The van der Waals surface area contributed by atoms with Gasteiger partial charge in [0.2, 0.25) is 0 Å². The van der Waals surface area contributed by atoms with Gasteiger partial charge < -0.3 is 20.0 Å². The summed E-state index contributed by atoms with van der Waals surface area (Å²) in [5.41, 5.74) is 16.2. The Hall–Kier alpha value is -7.70. The number of hydrogen-bond acceptors (Lipinski definition) is 6. The number of phenolic OH excluding ortho intramolecular Hbond substituents is 2. The molecule has 324 valence electrons. The highest BCUT2D eigenvalue weighted by Crippen LogP contribution is 2.41. The molecular weight excluding hydrogens is 797 g/mol. The minimum atomic E-state index is -0.259. The van der Waals surface area contributed by atoms with Gasteiger partial charge in [0.15, 0.2) is 0 Å². The lowest BCUT2D eigenvalue weighted by Gasteiger charge is -2.27. The molecular formula is C59H56N4O2. The number of phenols is 2. The van der Waals surface area contributed by atoms with Crippen molar-refractivity contribution in [1.82, 2.24) is 0 Å². The van der Waals surface area contributed by atoms with Crippen LogP contribution in [0.2, 0.25) is 0 Å². The van der Waals surface area contributed by atoms with Crippen molar-refractivity contribution in [2.75, 3.05) is 22.9 Å². The van der Waals surface area contributed by atoms with Crippen molar-refractivity contribution < 1.29 is 10.2 Å². The summed E-state index contributed by atoms with van der Waals surface area (Å²) in [7, 11) is 0. The van der Waals surface area contributed by atoms with Crippen LogP contribution in [-0.4, -0.2) is 35.7 Å². The van der Waals surface area contributed by atoms with Crippen LogP contribution in [0.1, 0.15) is 47.2 Å². The second-order valence-corrected chi connectivity index (χ2v) is 17.6. The lowest BCUT2D eigenvalue weighted by atomic mass is 9.93. The van der Waals surface area contributed by atoms with E-state index in [1.807, 2.05) is 48.5 Å². The molecule has 6 heteroatoms. The molecule has 0 aliphatic carbocycles. The summed E-state index contributed by atoms with van der Waals surface area (Å²) >= 11 is 0. The molecule has 0 saturated carbocycles. The Morgan fingerprint density at radius 3 is 0.969 bits per heavy atom. The fourth-order valence-electron chi connectivity index (χ4n) is 8.70. The van der Waals surface area contributed by atoms with Crippen LogP contribution in [0, 0.1) is 33.1 Å². The molecule has 0 bridgehead atoms. The van der Waals surface area contributed by atoms with Crippen LogP contribution >= 0.6 is 0 Å². The van der Waals surface area contributed by atoms with Gasteiger partial charge in [0.05, 0.1) is 0 Å². The number of aromatic hydroxyl groups is 2. The lowest BCUT2D eigenvalue weighted by molar-refractivity contribution is 0.396. The van der Waals surface area contributed by atoms with E-state index in [9.17, 15) is 10.2 Å².